The molecule has 6 nitrogen and oxygen atoms in total. The number of hydrogen-bond donors (Lipinski definition) is 1. The number of ketones is 1. The van der Waals surface area contributed by atoms with E-state index in [0.29, 0.717) is 11.2 Å². The van der Waals surface area contributed by atoms with Gasteiger partial charge < -0.3 is 14.5 Å². The Morgan fingerprint density at radius 1 is 1.19 bits per heavy atom. The van der Waals surface area contributed by atoms with Crippen LogP contribution in [-0.2, 0) is 9.53 Å². The predicted molar refractivity (Wildman–Crippen MR) is 97.7 cm³/mol. The van der Waals surface area contributed by atoms with Gasteiger partial charge in [-0.2, -0.15) is 0 Å². The normalized spacial score (nSPS) is 10.6. The first-order chi connectivity index (χ1) is 12.9. The number of Topliss-reactive ketones (excluding diaryl/α,β-unsaturated/α-hetero) is 1. The first-order valence-electron chi connectivity index (χ1n) is 7.90. The van der Waals surface area contributed by atoms with Crippen molar-refractivity contribution in [1.29, 1.82) is 0 Å². The molecule has 3 aromatic rings. The highest BCUT2D eigenvalue weighted by Gasteiger charge is 2.19. The molecule has 1 amide bonds. The number of nitrogens with one attached hydrogen (secondary N) is 1. The van der Waals surface area contributed by atoms with Crippen LogP contribution in [0.2, 0.25) is 5.02 Å². The van der Waals surface area contributed by atoms with Crippen LogP contribution in [0, 0.1) is 5.82 Å². The molecule has 0 aliphatic rings. The van der Waals surface area contributed by atoms with Gasteiger partial charge in [0.1, 0.15) is 5.82 Å². The molecule has 0 bridgehead atoms. The topological polar surface area (TPSA) is 76.9 Å². The molecule has 0 radical (unpaired) electrons. The lowest BCUT2D eigenvalue weighted by Gasteiger charge is -2.07. The number of amides is 1. The Morgan fingerprint density at radius 3 is 2.67 bits per heavy atom. The second-order valence-corrected chi connectivity index (χ2v) is 6.12. The zero-order valence-electron chi connectivity index (χ0n) is 14.2. The van der Waals surface area contributed by atoms with Gasteiger partial charge in [-0.3, -0.25) is 9.59 Å². The van der Waals surface area contributed by atoms with Gasteiger partial charge in [0, 0.05) is 18.8 Å². The Kier molecular flexibility index (Phi) is 5.23. The quantitative estimate of drug-likeness (QED) is 0.533. The van der Waals surface area contributed by atoms with Crippen molar-refractivity contribution in [2.45, 2.75) is 6.92 Å². The lowest BCUT2D eigenvalue weighted by Crippen LogP contribution is -2.20. The standard InChI is InChI=1S/C19H14ClFN2O4/c1-11(24)17-9-13(16-4-2-3-7-23(16)17)19(26)27-10-18(25)22-12-5-6-15(21)14(20)8-12/h2-9H,10H2,1H3,(H,22,25). The largest absolute Gasteiger partial charge is 0.452 e. The van der Waals surface area contributed by atoms with E-state index in [2.05, 4.69) is 5.32 Å². The molecule has 8 heteroatoms. The van der Waals surface area contributed by atoms with Crippen molar-refractivity contribution < 1.29 is 23.5 Å². The average Bonchev–Trinajstić information content (AvgIpc) is 3.03. The Morgan fingerprint density at radius 2 is 1.96 bits per heavy atom. The number of carbonyl (C=O) groups is 3. The van der Waals surface area contributed by atoms with Crippen molar-refractivity contribution in [3.05, 3.63) is 70.8 Å². The number of ether oxygens (including phenoxy) is 1. The Labute approximate surface area is 158 Å². The minimum atomic E-state index is -0.738. The molecule has 2 aromatic heterocycles. The van der Waals surface area contributed by atoms with Crippen LogP contribution in [0.5, 0.6) is 0 Å². The molecule has 0 aliphatic heterocycles. The van der Waals surface area contributed by atoms with Crippen LogP contribution < -0.4 is 5.32 Å². The van der Waals surface area contributed by atoms with Gasteiger partial charge in [-0.15, -0.1) is 0 Å². The fourth-order valence-electron chi connectivity index (χ4n) is 2.57. The molecule has 1 aromatic carbocycles. The van der Waals surface area contributed by atoms with Gasteiger partial charge in [-0.1, -0.05) is 17.7 Å². The van der Waals surface area contributed by atoms with Crippen LogP contribution in [-0.4, -0.2) is 28.7 Å². The monoisotopic (exact) mass is 388 g/mol. The number of aromatic nitrogens is 1. The fraction of sp³-hybridized carbons (Fsp3) is 0.105. The van der Waals surface area contributed by atoms with E-state index in [1.165, 1.54) is 25.1 Å². The third-order valence-electron chi connectivity index (χ3n) is 3.79. The number of anilines is 1. The Bertz CT molecular complexity index is 1060. The van der Waals surface area contributed by atoms with Crippen LogP contribution in [0.4, 0.5) is 10.1 Å². The van der Waals surface area contributed by atoms with Gasteiger partial charge in [0.15, 0.2) is 12.4 Å². The number of pyridine rings is 1. The summed E-state index contributed by atoms with van der Waals surface area (Å²) in [5.74, 6) is -2.16. The van der Waals surface area contributed by atoms with E-state index in [9.17, 15) is 18.8 Å². The van der Waals surface area contributed by atoms with Gasteiger partial charge in [0.05, 0.1) is 21.8 Å². The minimum absolute atomic E-state index is 0.137. The fourth-order valence-corrected chi connectivity index (χ4v) is 2.75. The number of rotatable bonds is 5. The molecular formula is C19H14ClFN2O4. The van der Waals surface area contributed by atoms with E-state index in [1.807, 2.05) is 0 Å². The second-order valence-electron chi connectivity index (χ2n) is 5.71. The van der Waals surface area contributed by atoms with Crippen LogP contribution in [0.15, 0.2) is 48.7 Å². The summed E-state index contributed by atoms with van der Waals surface area (Å²) in [6.45, 7) is 0.846. The first-order valence-corrected chi connectivity index (χ1v) is 8.27. The summed E-state index contributed by atoms with van der Waals surface area (Å²) in [6, 6.07) is 10.2. The van der Waals surface area contributed by atoms with E-state index in [-0.39, 0.29) is 22.1 Å². The summed E-state index contributed by atoms with van der Waals surface area (Å²) in [5, 5.41) is 2.31. The van der Waals surface area contributed by atoms with Crippen LogP contribution >= 0.6 is 11.6 Å². The number of esters is 1. The third kappa shape index (κ3) is 3.98. The second kappa shape index (κ2) is 7.59. The molecule has 2 heterocycles. The maximum atomic E-state index is 13.1. The number of halogens is 2. The van der Waals surface area contributed by atoms with Crippen LogP contribution in [0.1, 0.15) is 27.8 Å². The van der Waals surface area contributed by atoms with E-state index >= 15 is 0 Å². The van der Waals surface area contributed by atoms with Gasteiger partial charge in [0.25, 0.3) is 5.91 Å². The number of hydrogen-bond acceptors (Lipinski definition) is 4. The molecule has 138 valence electrons. The number of nitrogens with zero attached hydrogens (tertiary/aromatic N) is 1. The molecule has 0 fully saturated rings. The highest BCUT2D eigenvalue weighted by molar-refractivity contribution is 6.31. The zero-order chi connectivity index (χ0) is 19.6. The number of benzene rings is 1. The van der Waals surface area contributed by atoms with Crippen molar-refractivity contribution >= 4 is 40.5 Å². The average molecular weight is 389 g/mol. The molecule has 0 aliphatic carbocycles. The Hall–Kier alpha value is -3.19. The van der Waals surface area contributed by atoms with Gasteiger partial charge in [0.2, 0.25) is 0 Å². The molecular weight excluding hydrogens is 375 g/mol. The molecule has 0 spiro atoms. The van der Waals surface area contributed by atoms with Crippen molar-refractivity contribution in [3.8, 4) is 0 Å². The maximum Gasteiger partial charge on any atom is 0.340 e. The molecule has 3 rings (SSSR count). The van der Waals surface area contributed by atoms with Crippen molar-refractivity contribution in [2.24, 2.45) is 0 Å². The summed E-state index contributed by atoms with van der Waals surface area (Å²) >= 11 is 5.65. The van der Waals surface area contributed by atoms with Gasteiger partial charge >= 0.3 is 5.97 Å². The third-order valence-corrected chi connectivity index (χ3v) is 4.08. The van der Waals surface area contributed by atoms with E-state index in [1.54, 1.807) is 28.8 Å². The van der Waals surface area contributed by atoms with E-state index in [0.717, 1.165) is 6.07 Å². The maximum absolute atomic E-state index is 13.1. The molecule has 0 atom stereocenters. The number of fused-ring (bicyclic) bond motifs is 1. The molecule has 0 saturated carbocycles. The summed E-state index contributed by atoms with van der Waals surface area (Å²) in [7, 11) is 0. The molecule has 0 saturated heterocycles. The lowest BCUT2D eigenvalue weighted by molar-refractivity contribution is -0.119. The van der Waals surface area contributed by atoms with Crippen molar-refractivity contribution in [2.75, 3.05) is 11.9 Å². The smallest absolute Gasteiger partial charge is 0.340 e. The zero-order valence-corrected chi connectivity index (χ0v) is 14.9. The Balaban J connectivity index is 1.70. The predicted octanol–water partition coefficient (Wildman–Crippen LogP) is 3.73. The van der Waals surface area contributed by atoms with E-state index < -0.39 is 24.3 Å². The van der Waals surface area contributed by atoms with Crippen molar-refractivity contribution in [3.63, 3.8) is 0 Å². The minimum Gasteiger partial charge on any atom is -0.452 e. The van der Waals surface area contributed by atoms with Gasteiger partial charge in [-0.05, 0) is 36.4 Å². The number of carbonyl (C=O) groups excluding carboxylic acids is 3. The van der Waals surface area contributed by atoms with E-state index in [4.69, 9.17) is 16.3 Å². The molecule has 1 N–H and O–H groups in total. The first kappa shape index (κ1) is 18.6. The van der Waals surface area contributed by atoms with Crippen molar-refractivity contribution in [1.82, 2.24) is 4.40 Å². The van der Waals surface area contributed by atoms with Crippen LogP contribution in [0.25, 0.3) is 5.52 Å². The SMILES string of the molecule is CC(=O)c1cc(C(=O)OCC(=O)Nc2ccc(F)c(Cl)c2)c2ccccn12. The van der Waals surface area contributed by atoms with Gasteiger partial charge in [-0.25, -0.2) is 9.18 Å². The summed E-state index contributed by atoms with van der Waals surface area (Å²) in [6.07, 6.45) is 1.66. The molecule has 0 unspecified atom stereocenters. The highest BCUT2D eigenvalue weighted by atomic mass is 35.5. The molecule has 27 heavy (non-hydrogen) atoms. The van der Waals surface area contributed by atoms with Crippen LogP contribution in [0.3, 0.4) is 0 Å². The summed E-state index contributed by atoms with van der Waals surface area (Å²) in [5.41, 5.74) is 1.29. The summed E-state index contributed by atoms with van der Waals surface area (Å²) < 4.78 is 19.7. The summed E-state index contributed by atoms with van der Waals surface area (Å²) in [4.78, 5) is 36.0. The highest BCUT2D eigenvalue weighted by Crippen LogP contribution is 2.20. The lowest BCUT2D eigenvalue weighted by atomic mass is 10.2.